The molecule has 1 aromatic carbocycles. The SMILES string of the molecule is CC1(C(=O)Nc2cccc(Cl)c2C(=O)O)CCCNC1. The van der Waals surface area contributed by atoms with Gasteiger partial charge in [-0.3, -0.25) is 4.79 Å². The van der Waals surface area contributed by atoms with Crippen molar-refractivity contribution in [2.75, 3.05) is 18.4 Å². The summed E-state index contributed by atoms with van der Waals surface area (Å²) < 4.78 is 0. The molecule has 0 radical (unpaired) electrons. The first-order valence-electron chi connectivity index (χ1n) is 6.48. The van der Waals surface area contributed by atoms with Crippen LogP contribution in [-0.2, 0) is 4.79 Å². The maximum Gasteiger partial charge on any atom is 0.339 e. The highest BCUT2D eigenvalue weighted by Crippen LogP contribution is 2.30. The summed E-state index contributed by atoms with van der Waals surface area (Å²) in [6, 6.07) is 4.66. The summed E-state index contributed by atoms with van der Waals surface area (Å²) in [5.74, 6) is -1.34. The molecule has 0 spiro atoms. The van der Waals surface area contributed by atoms with E-state index in [2.05, 4.69) is 10.6 Å². The molecule has 0 saturated carbocycles. The van der Waals surface area contributed by atoms with Crippen molar-refractivity contribution in [3.63, 3.8) is 0 Å². The third-order valence-electron chi connectivity index (χ3n) is 3.62. The number of carboxylic acids is 1. The Hall–Kier alpha value is -1.59. The van der Waals surface area contributed by atoms with E-state index in [4.69, 9.17) is 11.6 Å². The molecule has 1 saturated heterocycles. The van der Waals surface area contributed by atoms with Crippen LogP contribution in [0.1, 0.15) is 30.1 Å². The van der Waals surface area contributed by atoms with Gasteiger partial charge in [-0.15, -0.1) is 0 Å². The minimum atomic E-state index is -1.15. The zero-order valence-corrected chi connectivity index (χ0v) is 12.0. The van der Waals surface area contributed by atoms with Crippen molar-refractivity contribution in [2.45, 2.75) is 19.8 Å². The molecule has 1 fully saturated rings. The van der Waals surface area contributed by atoms with Gasteiger partial charge in [0.15, 0.2) is 0 Å². The van der Waals surface area contributed by atoms with Crippen LogP contribution < -0.4 is 10.6 Å². The number of carboxylic acid groups (broad SMARTS) is 1. The van der Waals surface area contributed by atoms with Crippen LogP contribution in [0.2, 0.25) is 5.02 Å². The molecule has 2 rings (SSSR count). The second-order valence-corrected chi connectivity index (χ2v) is 5.67. The Kier molecular flexibility index (Phi) is 4.30. The highest BCUT2D eigenvalue weighted by atomic mass is 35.5. The Labute approximate surface area is 122 Å². The van der Waals surface area contributed by atoms with E-state index in [1.165, 1.54) is 6.07 Å². The Morgan fingerprint density at radius 2 is 2.20 bits per heavy atom. The number of benzene rings is 1. The summed E-state index contributed by atoms with van der Waals surface area (Å²) in [6.07, 6.45) is 1.69. The Bertz CT molecular complexity index is 539. The third-order valence-corrected chi connectivity index (χ3v) is 3.94. The summed E-state index contributed by atoms with van der Waals surface area (Å²) in [7, 11) is 0. The van der Waals surface area contributed by atoms with Gasteiger partial charge in [0.2, 0.25) is 5.91 Å². The van der Waals surface area contributed by atoms with Crippen molar-refractivity contribution in [3.05, 3.63) is 28.8 Å². The predicted molar refractivity (Wildman–Crippen MR) is 77.3 cm³/mol. The Morgan fingerprint density at radius 3 is 2.80 bits per heavy atom. The molecule has 1 unspecified atom stereocenters. The normalized spacial score (nSPS) is 22.3. The quantitative estimate of drug-likeness (QED) is 0.800. The third kappa shape index (κ3) is 2.94. The number of anilines is 1. The van der Waals surface area contributed by atoms with Gasteiger partial charge in [-0.05, 0) is 38.4 Å². The smallest absolute Gasteiger partial charge is 0.339 e. The molecule has 5 nitrogen and oxygen atoms in total. The monoisotopic (exact) mass is 296 g/mol. The van der Waals surface area contributed by atoms with Gasteiger partial charge >= 0.3 is 5.97 Å². The van der Waals surface area contributed by atoms with E-state index in [-0.39, 0.29) is 22.2 Å². The number of piperidine rings is 1. The number of rotatable bonds is 3. The predicted octanol–water partition coefficient (Wildman–Crippen LogP) is 2.37. The lowest BCUT2D eigenvalue weighted by molar-refractivity contribution is -0.125. The summed E-state index contributed by atoms with van der Waals surface area (Å²) in [5, 5.41) is 15.2. The molecule has 1 aliphatic rings. The van der Waals surface area contributed by atoms with Crippen LogP contribution in [0.25, 0.3) is 0 Å². The van der Waals surface area contributed by atoms with Crippen LogP contribution in [0.3, 0.4) is 0 Å². The molecule has 0 bridgehead atoms. The molecule has 1 aliphatic heterocycles. The van der Waals surface area contributed by atoms with E-state index in [0.717, 1.165) is 19.4 Å². The van der Waals surface area contributed by atoms with E-state index in [0.29, 0.717) is 6.54 Å². The molecule has 1 aromatic rings. The lowest BCUT2D eigenvalue weighted by Gasteiger charge is -2.32. The summed E-state index contributed by atoms with van der Waals surface area (Å²) >= 11 is 5.88. The fourth-order valence-electron chi connectivity index (χ4n) is 2.37. The van der Waals surface area contributed by atoms with Crippen LogP contribution in [0, 0.1) is 5.41 Å². The van der Waals surface area contributed by atoms with Crippen molar-refractivity contribution in [1.29, 1.82) is 0 Å². The van der Waals surface area contributed by atoms with E-state index in [1.807, 2.05) is 6.92 Å². The summed E-state index contributed by atoms with van der Waals surface area (Å²) in [6.45, 7) is 3.36. The fourth-order valence-corrected chi connectivity index (χ4v) is 2.62. The molecule has 0 aromatic heterocycles. The van der Waals surface area contributed by atoms with Crippen LogP contribution in [0.15, 0.2) is 18.2 Å². The summed E-state index contributed by atoms with van der Waals surface area (Å²) in [5.41, 5.74) is -0.368. The number of hydrogen-bond donors (Lipinski definition) is 3. The van der Waals surface area contributed by atoms with Gasteiger partial charge in [-0.1, -0.05) is 17.7 Å². The van der Waals surface area contributed by atoms with Gasteiger partial charge in [-0.25, -0.2) is 4.79 Å². The molecular formula is C14H17ClN2O3. The Morgan fingerprint density at radius 1 is 1.45 bits per heavy atom. The van der Waals surface area contributed by atoms with Gasteiger partial charge in [-0.2, -0.15) is 0 Å². The number of hydrogen-bond acceptors (Lipinski definition) is 3. The average molecular weight is 297 g/mol. The molecule has 6 heteroatoms. The van der Waals surface area contributed by atoms with E-state index >= 15 is 0 Å². The first kappa shape index (κ1) is 14.8. The standard InChI is InChI=1S/C14H17ClN2O3/c1-14(6-3-7-16-8-14)13(20)17-10-5-2-4-9(15)11(10)12(18)19/h2,4-5,16H,3,6-8H2,1H3,(H,17,20)(H,18,19). The fraction of sp³-hybridized carbons (Fsp3) is 0.429. The lowest BCUT2D eigenvalue weighted by atomic mass is 9.82. The van der Waals surface area contributed by atoms with Crippen LogP contribution in [0.4, 0.5) is 5.69 Å². The number of nitrogens with one attached hydrogen (secondary N) is 2. The second-order valence-electron chi connectivity index (χ2n) is 5.26. The zero-order chi connectivity index (χ0) is 14.8. The maximum absolute atomic E-state index is 12.4. The van der Waals surface area contributed by atoms with Crippen molar-refractivity contribution in [1.82, 2.24) is 5.32 Å². The Balaban J connectivity index is 2.24. The van der Waals surface area contributed by atoms with Crippen molar-refractivity contribution in [2.24, 2.45) is 5.41 Å². The molecular weight excluding hydrogens is 280 g/mol. The minimum absolute atomic E-state index is 0.0742. The largest absolute Gasteiger partial charge is 0.478 e. The van der Waals surface area contributed by atoms with Gasteiger partial charge in [0, 0.05) is 6.54 Å². The number of aromatic carboxylic acids is 1. The molecule has 20 heavy (non-hydrogen) atoms. The average Bonchev–Trinajstić information content (AvgIpc) is 2.39. The first-order chi connectivity index (χ1) is 9.44. The molecule has 1 amide bonds. The summed E-state index contributed by atoms with van der Waals surface area (Å²) in [4.78, 5) is 23.6. The second kappa shape index (κ2) is 5.81. The number of amides is 1. The molecule has 3 N–H and O–H groups in total. The van der Waals surface area contributed by atoms with E-state index in [1.54, 1.807) is 12.1 Å². The lowest BCUT2D eigenvalue weighted by Crippen LogP contribution is -2.46. The van der Waals surface area contributed by atoms with Gasteiger partial charge in [0.1, 0.15) is 5.56 Å². The topological polar surface area (TPSA) is 78.4 Å². The van der Waals surface area contributed by atoms with Crippen molar-refractivity contribution >= 4 is 29.2 Å². The van der Waals surface area contributed by atoms with Crippen LogP contribution in [0.5, 0.6) is 0 Å². The molecule has 1 heterocycles. The van der Waals surface area contributed by atoms with Crippen LogP contribution in [-0.4, -0.2) is 30.1 Å². The number of halogens is 1. The zero-order valence-electron chi connectivity index (χ0n) is 11.2. The van der Waals surface area contributed by atoms with Crippen LogP contribution >= 0.6 is 11.6 Å². The van der Waals surface area contributed by atoms with Crippen molar-refractivity contribution < 1.29 is 14.7 Å². The molecule has 0 aliphatic carbocycles. The van der Waals surface area contributed by atoms with Gasteiger partial charge in [0.05, 0.1) is 16.1 Å². The highest BCUT2D eigenvalue weighted by Gasteiger charge is 2.35. The number of carbonyl (C=O) groups excluding carboxylic acids is 1. The number of carbonyl (C=O) groups is 2. The molecule has 1 atom stereocenters. The minimum Gasteiger partial charge on any atom is -0.478 e. The molecule has 108 valence electrons. The van der Waals surface area contributed by atoms with E-state index in [9.17, 15) is 14.7 Å². The van der Waals surface area contributed by atoms with Gasteiger partial charge < -0.3 is 15.7 Å². The van der Waals surface area contributed by atoms with Crippen molar-refractivity contribution in [3.8, 4) is 0 Å². The van der Waals surface area contributed by atoms with E-state index < -0.39 is 11.4 Å². The van der Waals surface area contributed by atoms with Gasteiger partial charge in [0.25, 0.3) is 0 Å². The first-order valence-corrected chi connectivity index (χ1v) is 6.86. The highest BCUT2D eigenvalue weighted by molar-refractivity contribution is 6.34. The maximum atomic E-state index is 12.4.